The Morgan fingerprint density at radius 3 is 2.92 bits per heavy atom. The van der Waals surface area contributed by atoms with Gasteiger partial charge in [0.25, 0.3) is 0 Å². The molecule has 0 saturated carbocycles. The number of fused-ring (bicyclic) bond motifs is 1. The van der Waals surface area contributed by atoms with Crippen LogP contribution in [-0.2, 0) is 0 Å². The normalized spacial score (nSPS) is 10.6. The van der Waals surface area contributed by atoms with E-state index in [9.17, 15) is 4.79 Å². The van der Waals surface area contributed by atoms with Gasteiger partial charge in [0.1, 0.15) is 5.02 Å². The van der Waals surface area contributed by atoms with E-state index in [0.29, 0.717) is 5.39 Å². The highest BCUT2D eigenvalue weighted by molar-refractivity contribution is 9.10. The largest absolute Gasteiger partial charge is 0.360 e. The fraction of sp³-hybridized carbons (Fsp3) is 0. The van der Waals surface area contributed by atoms with Crippen LogP contribution in [0.5, 0.6) is 0 Å². The highest BCUT2D eigenvalue weighted by Crippen LogP contribution is 2.16. The maximum atomic E-state index is 11.5. The zero-order valence-electron chi connectivity index (χ0n) is 6.47. The molecule has 2 aromatic rings. The fourth-order valence-corrected chi connectivity index (χ4v) is 1.69. The second kappa shape index (κ2) is 3.16. The minimum atomic E-state index is -0.136. The predicted octanol–water partition coefficient (Wildman–Crippen LogP) is 2.94. The molecule has 13 heavy (non-hydrogen) atoms. The van der Waals surface area contributed by atoms with E-state index in [0.717, 1.165) is 9.99 Å². The topological polar surface area (TPSA) is 32.9 Å². The van der Waals surface area contributed by atoms with Crippen molar-refractivity contribution in [2.45, 2.75) is 0 Å². The Morgan fingerprint density at radius 1 is 1.38 bits per heavy atom. The third kappa shape index (κ3) is 1.49. The number of rotatable bonds is 0. The van der Waals surface area contributed by atoms with Gasteiger partial charge in [0.15, 0.2) is 0 Å². The van der Waals surface area contributed by atoms with Gasteiger partial charge in [-0.15, -0.1) is 0 Å². The van der Waals surface area contributed by atoms with Gasteiger partial charge in [0.05, 0.1) is 5.52 Å². The van der Waals surface area contributed by atoms with E-state index < -0.39 is 0 Å². The molecule has 0 aliphatic heterocycles. The summed E-state index contributed by atoms with van der Waals surface area (Å²) in [5.41, 5.74) is 0.645. The van der Waals surface area contributed by atoms with Gasteiger partial charge in [-0.05, 0) is 18.2 Å². The van der Waals surface area contributed by atoms with Gasteiger partial charge in [-0.3, -0.25) is 4.79 Å². The zero-order chi connectivity index (χ0) is 9.42. The van der Waals surface area contributed by atoms with Crippen molar-refractivity contribution in [3.8, 4) is 0 Å². The van der Waals surface area contributed by atoms with E-state index >= 15 is 0 Å². The third-order valence-corrected chi connectivity index (χ3v) is 2.57. The molecule has 0 bridgehead atoms. The molecule has 0 radical (unpaired) electrons. The number of aromatic nitrogens is 1. The summed E-state index contributed by atoms with van der Waals surface area (Å²) in [7, 11) is 0. The SMILES string of the molecule is O=c1c(Cl)c[nH]c2cc(Br)ccc12. The first-order chi connectivity index (χ1) is 6.18. The molecular formula is C9H5BrClNO. The fourth-order valence-electron chi connectivity index (χ4n) is 1.17. The minimum Gasteiger partial charge on any atom is -0.360 e. The summed E-state index contributed by atoms with van der Waals surface area (Å²) in [5.74, 6) is 0. The Labute approximate surface area is 87.7 Å². The van der Waals surface area contributed by atoms with Gasteiger partial charge < -0.3 is 4.98 Å². The second-order valence-corrected chi connectivity index (χ2v) is 3.98. The van der Waals surface area contributed by atoms with Crippen LogP contribution in [0.1, 0.15) is 0 Å². The number of nitrogens with one attached hydrogen (secondary N) is 1. The van der Waals surface area contributed by atoms with Crippen LogP contribution in [-0.4, -0.2) is 4.98 Å². The van der Waals surface area contributed by atoms with Crippen LogP contribution in [0, 0.1) is 0 Å². The van der Waals surface area contributed by atoms with Crippen molar-refractivity contribution in [3.63, 3.8) is 0 Å². The number of hydrogen-bond donors (Lipinski definition) is 1. The van der Waals surface area contributed by atoms with Crippen LogP contribution in [0.15, 0.2) is 33.7 Å². The van der Waals surface area contributed by atoms with Crippen molar-refractivity contribution >= 4 is 38.4 Å². The smallest absolute Gasteiger partial charge is 0.207 e. The molecule has 2 nitrogen and oxygen atoms in total. The molecule has 66 valence electrons. The standard InChI is InChI=1S/C9H5BrClNO/c10-5-1-2-6-8(3-5)12-4-7(11)9(6)13/h1-4H,(H,12,13). The molecule has 0 fully saturated rings. The quantitative estimate of drug-likeness (QED) is 0.774. The summed E-state index contributed by atoms with van der Waals surface area (Å²) >= 11 is 8.99. The summed E-state index contributed by atoms with van der Waals surface area (Å²) in [4.78, 5) is 14.4. The average Bonchev–Trinajstić information content (AvgIpc) is 2.12. The first-order valence-corrected chi connectivity index (χ1v) is 4.82. The molecule has 0 atom stereocenters. The number of aromatic amines is 1. The van der Waals surface area contributed by atoms with Crippen molar-refractivity contribution < 1.29 is 0 Å². The number of pyridine rings is 1. The lowest BCUT2D eigenvalue weighted by molar-refractivity contribution is 1.39. The Bertz CT molecular complexity index is 520. The molecule has 2 rings (SSSR count). The van der Waals surface area contributed by atoms with Crippen molar-refractivity contribution in [2.75, 3.05) is 0 Å². The van der Waals surface area contributed by atoms with Gasteiger partial charge in [-0.2, -0.15) is 0 Å². The number of halogens is 2. The Kier molecular flexibility index (Phi) is 2.14. The lowest BCUT2D eigenvalue weighted by Gasteiger charge is -1.98. The number of hydrogen-bond acceptors (Lipinski definition) is 1. The molecule has 0 aliphatic carbocycles. The molecule has 4 heteroatoms. The molecular weight excluding hydrogens is 253 g/mol. The van der Waals surface area contributed by atoms with Crippen LogP contribution in [0.3, 0.4) is 0 Å². The lowest BCUT2D eigenvalue weighted by Crippen LogP contribution is -2.02. The Balaban J connectivity index is 2.95. The highest BCUT2D eigenvalue weighted by atomic mass is 79.9. The van der Waals surface area contributed by atoms with E-state index in [-0.39, 0.29) is 10.5 Å². The van der Waals surface area contributed by atoms with Gasteiger partial charge >= 0.3 is 0 Å². The molecule has 1 aromatic carbocycles. The van der Waals surface area contributed by atoms with Crippen molar-refractivity contribution in [3.05, 3.63) is 44.1 Å². The monoisotopic (exact) mass is 257 g/mol. The highest BCUT2D eigenvalue weighted by Gasteiger charge is 2.02. The molecule has 1 heterocycles. The lowest BCUT2D eigenvalue weighted by atomic mass is 10.2. The molecule has 1 N–H and O–H groups in total. The first kappa shape index (κ1) is 8.78. The molecule has 0 unspecified atom stereocenters. The predicted molar refractivity (Wildman–Crippen MR) is 57.3 cm³/mol. The van der Waals surface area contributed by atoms with Gasteiger partial charge in [-0.25, -0.2) is 0 Å². The van der Waals surface area contributed by atoms with E-state index in [1.165, 1.54) is 6.20 Å². The summed E-state index contributed by atoms with van der Waals surface area (Å²) in [6.45, 7) is 0. The summed E-state index contributed by atoms with van der Waals surface area (Å²) in [6, 6.07) is 5.39. The van der Waals surface area contributed by atoms with E-state index in [4.69, 9.17) is 11.6 Å². The minimum absolute atomic E-state index is 0.136. The second-order valence-electron chi connectivity index (χ2n) is 2.66. The van der Waals surface area contributed by atoms with Crippen molar-refractivity contribution in [1.82, 2.24) is 4.98 Å². The Hall–Kier alpha value is -0.800. The maximum absolute atomic E-state index is 11.5. The van der Waals surface area contributed by atoms with Crippen LogP contribution < -0.4 is 5.43 Å². The van der Waals surface area contributed by atoms with E-state index in [1.54, 1.807) is 6.07 Å². The first-order valence-electron chi connectivity index (χ1n) is 3.65. The van der Waals surface area contributed by atoms with Crippen LogP contribution >= 0.6 is 27.5 Å². The number of H-pyrrole nitrogens is 1. The molecule has 0 saturated heterocycles. The van der Waals surface area contributed by atoms with Gasteiger partial charge in [0.2, 0.25) is 5.43 Å². The number of benzene rings is 1. The molecule has 0 aliphatic rings. The van der Waals surface area contributed by atoms with Crippen molar-refractivity contribution in [2.24, 2.45) is 0 Å². The summed E-state index contributed by atoms with van der Waals surface area (Å²) in [5, 5.41) is 0.825. The van der Waals surface area contributed by atoms with Crippen molar-refractivity contribution in [1.29, 1.82) is 0 Å². The maximum Gasteiger partial charge on any atom is 0.207 e. The van der Waals surface area contributed by atoms with Gasteiger partial charge in [-0.1, -0.05) is 27.5 Å². The van der Waals surface area contributed by atoms with E-state index in [1.807, 2.05) is 12.1 Å². The summed E-state index contributed by atoms with van der Waals surface area (Å²) < 4.78 is 0.929. The average molecular weight is 259 g/mol. The molecule has 1 aromatic heterocycles. The molecule has 0 spiro atoms. The van der Waals surface area contributed by atoms with Crippen LogP contribution in [0.25, 0.3) is 10.9 Å². The van der Waals surface area contributed by atoms with Crippen LogP contribution in [0.2, 0.25) is 5.02 Å². The van der Waals surface area contributed by atoms with Crippen LogP contribution in [0.4, 0.5) is 0 Å². The third-order valence-electron chi connectivity index (χ3n) is 1.80. The Morgan fingerprint density at radius 2 is 2.15 bits per heavy atom. The zero-order valence-corrected chi connectivity index (χ0v) is 8.82. The molecule has 0 amide bonds. The van der Waals surface area contributed by atoms with E-state index in [2.05, 4.69) is 20.9 Å². The van der Waals surface area contributed by atoms with Gasteiger partial charge in [0, 0.05) is 16.1 Å². The summed E-state index contributed by atoms with van der Waals surface area (Å²) in [6.07, 6.45) is 1.50.